The highest BCUT2D eigenvalue weighted by molar-refractivity contribution is 4.61. The zero-order valence-electron chi connectivity index (χ0n) is 4.85. The van der Waals surface area contributed by atoms with Crippen molar-refractivity contribution in [1.29, 1.82) is 0 Å². The summed E-state index contributed by atoms with van der Waals surface area (Å²) in [6.07, 6.45) is 1.83. The van der Waals surface area contributed by atoms with Gasteiger partial charge in [0.05, 0.1) is 6.10 Å². The highest BCUT2D eigenvalue weighted by atomic mass is 16.3. The topological polar surface area (TPSA) is 44.3 Å². The third-order valence-corrected chi connectivity index (χ3v) is 1.30. The Kier molecular flexibility index (Phi) is 2.27. The molecule has 3 N–H and O–H groups in total. The third-order valence-electron chi connectivity index (χ3n) is 1.30. The molecule has 0 aromatic carbocycles. The number of nitrogens with one attached hydrogen (secondary N) is 2. The van der Waals surface area contributed by atoms with Crippen molar-refractivity contribution >= 4 is 0 Å². The van der Waals surface area contributed by atoms with Crippen molar-refractivity contribution in [2.45, 2.75) is 18.9 Å². The van der Waals surface area contributed by atoms with Gasteiger partial charge in [-0.1, -0.05) is 0 Å². The lowest BCUT2D eigenvalue weighted by Gasteiger charge is -2.03. The van der Waals surface area contributed by atoms with Crippen molar-refractivity contribution in [3.63, 3.8) is 0 Å². The number of rotatable bonds is 0. The summed E-state index contributed by atoms with van der Waals surface area (Å²) in [6.45, 7) is 1.65. The van der Waals surface area contributed by atoms with Crippen LogP contribution in [0.25, 0.3) is 0 Å². The predicted molar refractivity (Wildman–Crippen MR) is 31.2 cm³/mol. The van der Waals surface area contributed by atoms with Gasteiger partial charge in [0, 0.05) is 13.1 Å². The molecule has 0 bridgehead atoms. The van der Waals surface area contributed by atoms with E-state index in [2.05, 4.69) is 10.9 Å². The Morgan fingerprint density at radius 1 is 1.38 bits per heavy atom. The Bertz CT molecular complexity index is 59.4. The lowest BCUT2D eigenvalue weighted by molar-refractivity contribution is 0.167. The zero-order valence-corrected chi connectivity index (χ0v) is 4.85. The molecule has 0 amide bonds. The molecular formula is C5H12N2O. The molecule has 0 radical (unpaired) electrons. The number of hydrazine groups is 1. The molecule has 0 aliphatic carbocycles. The fourth-order valence-corrected chi connectivity index (χ4v) is 0.807. The first-order valence-electron chi connectivity index (χ1n) is 3.03. The van der Waals surface area contributed by atoms with E-state index in [1.165, 1.54) is 0 Å². The summed E-state index contributed by atoms with van der Waals surface area (Å²) < 4.78 is 0. The van der Waals surface area contributed by atoms with Crippen LogP contribution in [-0.2, 0) is 0 Å². The number of hydrogen-bond donors (Lipinski definition) is 3. The second kappa shape index (κ2) is 3.02. The monoisotopic (exact) mass is 116 g/mol. The Morgan fingerprint density at radius 2 is 2.25 bits per heavy atom. The minimum absolute atomic E-state index is 0.148. The Morgan fingerprint density at radius 3 is 3.12 bits per heavy atom. The van der Waals surface area contributed by atoms with E-state index in [0.717, 1.165) is 19.4 Å². The van der Waals surface area contributed by atoms with Gasteiger partial charge in [-0.3, -0.25) is 10.9 Å². The van der Waals surface area contributed by atoms with Crippen LogP contribution in [-0.4, -0.2) is 24.3 Å². The van der Waals surface area contributed by atoms with Crippen molar-refractivity contribution in [2.24, 2.45) is 0 Å². The molecule has 1 aliphatic heterocycles. The van der Waals surface area contributed by atoms with Crippen LogP contribution >= 0.6 is 0 Å². The van der Waals surface area contributed by atoms with E-state index >= 15 is 0 Å². The quantitative estimate of drug-likeness (QED) is 0.389. The molecule has 0 saturated carbocycles. The maximum atomic E-state index is 8.99. The maximum Gasteiger partial charge on any atom is 0.0679 e. The van der Waals surface area contributed by atoms with Gasteiger partial charge < -0.3 is 5.11 Å². The lowest BCUT2D eigenvalue weighted by atomic mass is 10.2. The highest BCUT2D eigenvalue weighted by Crippen LogP contribution is 1.95. The van der Waals surface area contributed by atoms with Gasteiger partial charge >= 0.3 is 0 Å². The predicted octanol–water partition coefficient (Wildman–Crippen LogP) is -0.765. The fourth-order valence-electron chi connectivity index (χ4n) is 0.807. The Balaban J connectivity index is 2.17. The summed E-state index contributed by atoms with van der Waals surface area (Å²) in [5.41, 5.74) is 5.86. The summed E-state index contributed by atoms with van der Waals surface area (Å²) in [5, 5.41) is 8.99. The summed E-state index contributed by atoms with van der Waals surface area (Å²) in [5.74, 6) is 0. The summed E-state index contributed by atoms with van der Waals surface area (Å²) >= 11 is 0. The molecule has 0 spiro atoms. The summed E-state index contributed by atoms with van der Waals surface area (Å²) in [6, 6.07) is 0. The van der Waals surface area contributed by atoms with E-state index in [0.29, 0.717) is 6.54 Å². The van der Waals surface area contributed by atoms with Crippen molar-refractivity contribution in [3.8, 4) is 0 Å². The molecule has 1 rings (SSSR count). The molecule has 0 aromatic heterocycles. The molecule has 1 aliphatic rings. The van der Waals surface area contributed by atoms with Gasteiger partial charge in [-0.15, -0.1) is 0 Å². The number of β-amino-alcohol motifs (C(OH)–C–C–N with tert-alkyl or cyclic N) is 1. The zero-order chi connectivity index (χ0) is 5.82. The van der Waals surface area contributed by atoms with Crippen LogP contribution in [0.2, 0.25) is 0 Å². The number of aliphatic hydroxyl groups is 1. The lowest BCUT2D eigenvalue weighted by Crippen LogP contribution is -2.34. The first-order valence-corrected chi connectivity index (χ1v) is 3.03. The maximum absolute atomic E-state index is 8.99. The molecule has 3 heteroatoms. The molecule has 1 unspecified atom stereocenters. The van der Waals surface area contributed by atoms with E-state index in [1.807, 2.05) is 0 Å². The van der Waals surface area contributed by atoms with Crippen LogP contribution in [0.1, 0.15) is 12.8 Å². The minimum Gasteiger partial charge on any atom is -0.392 e. The first kappa shape index (κ1) is 6.01. The normalized spacial score (nSPS) is 31.9. The van der Waals surface area contributed by atoms with E-state index in [4.69, 9.17) is 5.11 Å². The second-order valence-electron chi connectivity index (χ2n) is 2.10. The van der Waals surface area contributed by atoms with Gasteiger partial charge in [-0.25, -0.2) is 0 Å². The van der Waals surface area contributed by atoms with Gasteiger partial charge in [0.2, 0.25) is 0 Å². The van der Waals surface area contributed by atoms with Crippen molar-refractivity contribution in [1.82, 2.24) is 10.9 Å². The van der Waals surface area contributed by atoms with Crippen molar-refractivity contribution < 1.29 is 5.11 Å². The first-order chi connectivity index (χ1) is 3.89. The van der Waals surface area contributed by atoms with Crippen LogP contribution in [0.4, 0.5) is 0 Å². The summed E-state index contributed by atoms with van der Waals surface area (Å²) in [4.78, 5) is 0. The largest absolute Gasteiger partial charge is 0.392 e. The van der Waals surface area contributed by atoms with Gasteiger partial charge in [-0.05, 0) is 12.8 Å². The molecule has 1 atom stereocenters. The average molecular weight is 116 g/mol. The molecule has 1 saturated heterocycles. The smallest absolute Gasteiger partial charge is 0.0679 e. The fraction of sp³-hybridized carbons (Fsp3) is 1.00. The summed E-state index contributed by atoms with van der Waals surface area (Å²) in [7, 11) is 0. The van der Waals surface area contributed by atoms with Gasteiger partial charge in [0.25, 0.3) is 0 Å². The van der Waals surface area contributed by atoms with Gasteiger partial charge in [0.1, 0.15) is 0 Å². The Hall–Kier alpha value is -0.120. The van der Waals surface area contributed by atoms with Crippen molar-refractivity contribution in [3.05, 3.63) is 0 Å². The Labute approximate surface area is 49.1 Å². The molecular weight excluding hydrogens is 104 g/mol. The van der Waals surface area contributed by atoms with Crippen LogP contribution in [0, 0.1) is 0 Å². The number of hydrogen-bond acceptors (Lipinski definition) is 3. The van der Waals surface area contributed by atoms with Gasteiger partial charge in [-0.2, -0.15) is 0 Å². The number of aliphatic hydroxyl groups excluding tert-OH is 1. The standard InChI is InChI=1S/C5H12N2O/c8-5-2-1-3-6-7-4-5/h5-8H,1-4H2. The van der Waals surface area contributed by atoms with Crippen molar-refractivity contribution in [2.75, 3.05) is 13.1 Å². The molecule has 3 nitrogen and oxygen atoms in total. The van der Waals surface area contributed by atoms with Gasteiger partial charge in [0.15, 0.2) is 0 Å². The van der Waals surface area contributed by atoms with E-state index < -0.39 is 0 Å². The molecule has 8 heavy (non-hydrogen) atoms. The van der Waals surface area contributed by atoms with E-state index in [9.17, 15) is 0 Å². The SMILES string of the molecule is OC1CCCNNC1. The van der Waals surface area contributed by atoms with Crippen LogP contribution < -0.4 is 10.9 Å². The second-order valence-corrected chi connectivity index (χ2v) is 2.10. The van der Waals surface area contributed by atoms with Crippen LogP contribution in [0.15, 0.2) is 0 Å². The van der Waals surface area contributed by atoms with Crippen LogP contribution in [0.3, 0.4) is 0 Å². The molecule has 1 heterocycles. The molecule has 48 valence electrons. The van der Waals surface area contributed by atoms with E-state index in [1.54, 1.807) is 0 Å². The minimum atomic E-state index is -0.148. The molecule has 0 aromatic rings. The van der Waals surface area contributed by atoms with E-state index in [-0.39, 0.29) is 6.10 Å². The average Bonchev–Trinajstić information content (AvgIpc) is 1.94. The third kappa shape index (κ3) is 1.78. The molecule has 1 fully saturated rings. The van der Waals surface area contributed by atoms with Crippen LogP contribution in [0.5, 0.6) is 0 Å². The highest BCUT2D eigenvalue weighted by Gasteiger charge is 2.05.